The zero-order valence-electron chi connectivity index (χ0n) is 16.8. The lowest BCUT2D eigenvalue weighted by atomic mass is 10.2. The number of amides is 1. The van der Waals surface area contributed by atoms with E-state index in [1.54, 1.807) is 22.8 Å². The smallest absolute Gasteiger partial charge is 0.368 e. The Labute approximate surface area is 175 Å². The summed E-state index contributed by atoms with van der Waals surface area (Å²) in [5.74, 6) is 1.05. The van der Waals surface area contributed by atoms with Crippen LogP contribution < -0.4 is 15.8 Å². The molecule has 2 atom stereocenters. The normalized spacial score (nSPS) is 21.2. The van der Waals surface area contributed by atoms with Crippen LogP contribution in [0.4, 0.5) is 24.9 Å². The first kappa shape index (κ1) is 21.1. The van der Waals surface area contributed by atoms with Crippen molar-refractivity contribution in [3.05, 3.63) is 39.9 Å². The van der Waals surface area contributed by atoms with Crippen molar-refractivity contribution in [3.8, 4) is 0 Å². The highest BCUT2D eigenvalue weighted by Gasteiger charge is 2.45. The molecule has 2 aromatic heterocycles. The number of halogens is 3. The van der Waals surface area contributed by atoms with E-state index in [1.807, 2.05) is 0 Å². The zero-order valence-corrected chi connectivity index (χ0v) is 16.8. The molecule has 0 radical (unpaired) electrons. The number of aryl methyl sites for hydroxylation is 1. The fourth-order valence-electron chi connectivity index (χ4n) is 3.60. The number of aromatic amines is 1. The molecule has 1 amide bonds. The number of nitrogens with zero attached hydrogens (tertiary/aromatic N) is 5. The van der Waals surface area contributed by atoms with Crippen LogP contribution in [0.2, 0.25) is 0 Å². The molecule has 2 aromatic rings. The predicted molar refractivity (Wildman–Crippen MR) is 106 cm³/mol. The Kier molecular flexibility index (Phi) is 5.54. The van der Waals surface area contributed by atoms with Crippen LogP contribution in [0.25, 0.3) is 0 Å². The molecule has 166 valence electrons. The van der Waals surface area contributed by atoms with Gasteiger partial charge in [-0.15, -0.1) is 0 Å². The van der Waals surface area contributed by atoms with E-state index in [-0.39, 0.29) is 29.3 Å². The average molecular weight is 437 g/mol. The number of aromatic nitrogens is 4. The summed E-state index contributed by atoms with van der Waals surface area (Å²) in [4.78, 5) is 35.3. The van der Waals surface area contributed by atoms with Crippen molar-refractivity contribution in [3.63, 3.8) is 0 Å². The van der Waals surface area contributed by atoms with Crippen LogP contribution in [-0.4, -0.2) is 63.7 Å². The Balaban J connectivity index is 1.24. The minimum Gasteiger partial charge on any atom is -0.368 e. The Hall–Kier alpha value is -3.18. The van der Waals surface area contributed by atoms with Gasteiger partial charge in [0, 0.05) is 56.6 Å². The first-order valence-electron chi connectivity index (χ1n) is 9.95. The summed E-state index contributed by atoms with van der Waals surface area (Å²) in [6.07, 6.45) is -2.12. The van der Waals surface area contributed by atoms with Gasteiger partial charge in [-0.25, -0.2) is 15.1 Å². The van der Waals surface area contributed by atoms with E-state index in [2.05, 4.69) is 25.5 Å². The van der Waals surface area contributed by atoms with E-state index in [4.69, 9.17) is 0 Å². The van der Waals surface area contributed by atoms with E-state index < -0.39 is 11.7 Å². The van der Waals surface area contributed by atoms with Gasteiger partial charge in [0.15, 0.2) is 0 Å². The fraction of sp³-hybridized carbons (Fsp3) is 0.526. The van der Waals surface area contributed by atoms with Gasteiger partial charge < -0.3 is 15.1 Å². The molecule has 2 fully saturated rings. The van der Waals surface area contributed by atoms with Crippen molar-refractivity contribution in [2.24, 2.45) is 11.8 Å². The lowest BCUT2D eigenvalue weighted by Gasteiger charge is -2.35. The monoisotopic (exact) mass is 437 g/mol. The van der Waals surface area contributed by atoms with Gasteiger partial charge in [-0.05, 0) is 25.3 Å². The minimum absolute atomic E-state index is 0.0507. The number of hydrogen-bond acceptors (Lipinski definition) is 7. The van der Waals surface area contributed by atoms with Crippen LogP contribution in [0.15, 0.2) is 23.3 Å². The standard InChI is InChI=1S/C19H22F3N7O2/c1-11-6-15(26-27-16(11)30)23-8-12-7-14(12)17(31)28-2-4-29(5-3-28)18-24-9-13(10-25-18)19(20,21)22/h6,9-10,12,14H,2-5,7-8H2,1H3,(H,23,26)(H,27,30)/t12-,14+/m0/s1. The molecular weight excluding hydrogens is 415 g/mol. The first-order valence-corrected chi connectivity index (χ1v) is 9.95. The number of hydrogen-bond donors (Lipinski definition) is 2. The van der Waals surface area contributed by atoms with Crippen molar-refractivity contribution in [1.29, 1.82) is 0 Å². The highest BCUT2D eigenvalue weighted by Crippen LogP contribution is 2.40. The molecule has 3 heterocycles. The van der Waals surface area contributed by atoms with Gasteiger partial charge in [-0.2, -0.15) is 18.3 Å². The van der Waals surface area contributed by atoms with Crippen LogP contribution in [0.1, 0.15) is 17.5 Å². The fourth-order valence-corrected chi connectivity index (χ4v) is 3.60. The molecule has 9 nitrogen and oxygen atoms in total. The Morgan fingerprint density at radius 3 is 2.52 bits per heavy atom. The number of carbonyl (C=O) groups excluding carboxylic acids is 1. The largest absolute Gasteiger partial charge is 0.419 e. The number of H-pyrrole nitrogens is 1. The lowest BCUT2D eigenvalue weighted by Crippen LogP contribution is -2.50. The van der Waals surface area contributed by atoms with Crippen molar-refractivity contribution in [2.45, 2.75) is 19.5 Å². The van der Waals surface area contributed by atoms with Crippen LogP contribution >= 0.6 is 0 Å². The average Bonchev–Trinajstić information content (AvgIpc) is 3.53. The Morgan fingerprint density at radius 2 is 1.90 bits per heavy atom. The molecule has 0 unspecified atom stereocenters. The third-order valence-corrected chi connectivity index (χ3v) is 5.61. The van der Waals surface area contributed by atoms with Crippen LogP contribution in [-0.2, 0) is 11.0 Å². The Bertz CT molecular complexity index is 1000. The molecule has 2 aliphatic rings. The van der Waals surface area contributed by atoms with Crippen molar-refractivity contribution < 1.29 is 18.0 Å². The van der Waals surface area contributed by atoms with Crippen molar-refractivity contribution in [1.82, 2.24) is 25.1 Å². The zero-order chi connectivity index (χ0) is 22.2. The maximum Gasteiger partial charge on any atom is 0.419 e. The molecule has 12 heteroatoms. The molecule has 1 aliphatic carbocycles. The highest BCUT2D eigenvalue weighted by molar-refractivity contribution is 5.82. The number of anilines is 2. The summed E-state index contributed by atoms with van der Waals surface area (Å²) in [5.41, 5.74) is -0.549. The molecule has 2 N–H and O–H groups in total. The van der Waals surface area contributed by atoms with Gasteiger partial charge in [0.25, 0.3) is 5.56 Å². The van der Waals surface area contributed by atoms with Crippen molar-refractivity contribution in [2.75, 3.05) is 42.9 Å². The second kappa shape index (κ2) is 8.16. The summed E-state index contributed by atoms with van der Waals surface area (Å²) in [5, 5.41) is 9.49. The topological polar surface area (TPSA) is 107 Å². The number of carbonyl (C=O) groups is 1. The highest BCUT2D eigenvalue weighted by atomic mass is 19.4. The second-order valence-corrected chi connectivity index (χ2v) is 7.83. The van der Waals surface area contributed by atoms with Gasteiger partial charge in [-0.3, -0.25) is 9.59 Å². The van der Waals surface area contributed by atoms with Crippen LogP contribution in [0, 0.1) is 18.8 Å². The maximum atomic E-state index is 12.7. The molecule has 0 aromatic carbocycles. The summed E-state index contributed by atoms with van der Waals surface area (Å²) < 4.78 is 37.9. The van der Waals surface area contributed by atoms with Gasteiger partial charge in [-0.1, -0.05) is 0 Å². The molecule has 1 saturated carbocycles. The van der Waals surface area contributed by atoms with Gasteiger partial charge >= 0.3 is 6.18 Å². The van der Waals surface area contributed by atoms with Crippen LogP contribution in [0.5, 0.6) is 0 Å². The third-order valence-electron chi connectivity index (χ3n) is 5.61. The number of alkyl halides is 3. The number of piperazine rings is 1. The second-order valence-electron chi connectivity index (χ2n) is 7.83. The summed E-state index contributed by atoms with van der Waals surface area (Å²) >= 11 is 0. The van der Waals surface area contributed by atoms with E-state index in [1.165, 1.54) is 0 Å². The predicted octanol–water partition coefficient (Wildman–Crippen LogP) is 1.28. The summed E-state index contributed by atoms with van der Waals surface area (Å²) in [7, 11) is 0. The lowest BCUT2D eigenvalue weighted by molar-refractivity contribution is -0.138. The molecular formula is C19H22F3N7O2. The number of rotatable bonds is 5. The van der Waals surface area contributed by atoms with E-state index in [0.717, 1.165) is 18.8 Å². The minimum atomic E-state index is -4.47. The van der Waals surface area contributed by atoms with Gasteiger partial charge in [0.1, 0.15) is 5.82 Å². The van der Waals surface area contributed by atoms with E-state index >= 15 is 0 Å². The molecule has 0 spiro atoms. The van der Waals surface area contributed by atoms with Gasteiger partial charge in [0.05, 0.1) is 5.56 Å². The molecule has 31 heavy (non-hydrogen) atoms. The third kappa shape index (κ3) is 4.78. The van der Waals surface area contributed by atoms with Gasteiger partial charge in [0.2, 0.25) is 11.9 Å². The summed E-state index contributed by atoms with van der Waals surface area (Å²) in [6, 6.07) is 1.67. The molecule has 1 saturated heterocycles. The molecule has 1 aliphatic heterocycles. The van der Waals surface area contributed by atoms with E-state index in [0.29, 0.717) is 44.1 Å². The van der Waals surface area contributed by atoms with Crippen LogP contribution in [0.3, 0.4) is 0 Å². The Morgan fingerprint density at radius 1 is 1.23 bits per heavy atom. The molecule has 4 rings (SSSR count). The summed E-state index contributed by atoms with van der Waals surface area (Å²) in [6.45, 7) is 4.17. The number of nitrogens with one attached hydrogen (secondary N) is 2. The maximum absolute atomic E-state index is 12.7. The SMILES string of the molecule is Cc1cc(NC[C@@H]2C[C@H]2C(=O)N2CCN(c3ncc(C(F)(F)F)cn3)CC2)n[nH]c1=O. The van der Waals surface area contributed by atoms with E-state index in [9.17, 15) is 22.8 Å². The first-order chi connectivity index (χ1) is 14.7. The quantitative estimate of drug-likeness (QED) is 0.726. The van der Waals surface area contributed by atoms with Crippen molar-refractivity contribution >= 4 is 17.7 Å². The molecule has 0 bridgehead atoms.